The Bertz CT molecular complexity index is 102. The molecular formula is C4H8N2. The van der Waals surface area contributed by atoms with Crippen molar-refractivity contribution in [3.05, 3.63) is 0 Å². The molecule has 0 aromatic carbocycles. The van der Waals surface area contributed by atoms with E-state index in [2.05, 4.69) is 4.99 Å². The molecule has 0 atom stereocenters. The number of rotatable bonds is 0. The monoisotopic (exact) mass is 84.1 g/mol. The average molecular weight is 84.1 g/mol. The molecule has 0 aromatic heterocycles. The summed E-state index contributed by atoms with van der Waals surface area (Å²) < 4.78 is 0. The molecule has 0 aromatic rings. The highest BCUT2D eigenvalue weighted by Crippen LogP contribution is 2.21. The number of aliphatic imine (C=N–C) groups is 1. The Kier molecular flexibility index (Phi) is 0.365. The zero-order valence-corrected chi connectivity index (χ0v) is 4.02. The first-order chi connectivity index (χ1) is 2.63. The van der Waals surface area contributed by atoms with E-state index in [-0.39, 0.29) is 5.54 Å². The van der Waals surface area contributed by atoms with Crippen LogP contribution in [-0.4, -0.2) is 11.4 Å². The van der Waals surface area contributed by atoms with E-state index in [1.54, 1.807) is 0 Å². The Balaban J connectivity index is 2.53. The Hall–Kier alpha value is -0.530. The zero-order chi connectivity index (χ0) is 4.78. The zero-order valence-electron chi connectivity index (χ0n) is 4.02. The summed E-state index contributed by atoms with van der Waals surface area (Å²) in [5.74, 6) is 0.780. The lowest BCUT2D eigenvalue weighted by atomic mass is 10.2. The molecule has 2 N–H and O–H groups in total. The lowest BCUT2D eigenvalue weighted by Crippen LogP contribution is -2.14. The molecule has 34 valence electrons. The number of nitrogens with two attached hydrogens (primary N) is 1. The standard InChI is InChI=1S/C4H8N2/c1-4(2)3(5)6-4/h1-2H3,(H2,5,6). The normalized spacial score (nSPS) is 26.0. The summed E-state index contributed by atoms with van der Waals surface area (Å²) >= 11 is 0. The molecule has 2 nitrogen and oxygen atoms in total. The van der Waals surface area contributed by atoms with Crippen molar-refractivity contribution in [1.29, 1.82) is 0 Å². The first kappa shape index (κ1) is 3.65. The van der Waals surface area contributed by atoms with Crippen LogP contribution in [-0.2, 0) is 0 Å². The van der Waals surface area contributed by atoms with Crippen molar-refractivity contribution in [3.8, 4) is 0 Å². The predicted molar refractivity (Wildman–Crippen MR) is 25.7 cm³/mol. The molecule has 0 radical (unpaired) electrons. The van der Waals surface area contributed by atoms with Crippen LogP contribution < -0.4 is 5.73 Å². The minimum Gasteiger partial charge on any atom is -0.385 e. The van der Waals surface area contributed by atoms with Gasteiger partial charge in [-0.3, -0.25) is 4.99 Å². The van der Waals surface area contributed by atoms with E-state index >= 15 is 0 Å². The van der Waals surface area contributed by atoms with Gasteiger partial charge in [-0.05, 0) is 13.8 Å². The van der Waals surface area contributed by atoms with Crippen LogP contribution in [0.4, 0.5) is 0 Å². The molecule has 1 aliphatic rings. The van der Waals surface area contributed by atoms with Crippen LogP contribution in [0.3, 0.4) is 0 Å². The van der Waals surface area contributed by atoms with Crippen molar-refractivity contribution in [2.45, 2.75) is 19.4 Å². The summed E-state index contributed by atoms with van der Waals surface area (Å²) in [5.41, 5.74) is 5.28. The van der Waals surface area contributed by atoms with Crippen LogP contribution >= 0.6 is 0 Å². The van der Waals surface area contributed by atoms with E-state index in [4.69, 9.17) is 5.73 Å². The first-order valence-electron chi connectivity index (χ1n) is 1.99. The highest BCUT2D eigenvalue weighted by Gasteiger charge is 2.33. The van der Waals surface area contributed by atoms with Crippen LogP contribution in [0.25, 0.3) is 0 Å². The highest BCUT2D eigenvalue weighted by atomic mass is 15.1. The molecule has 0 saturated carbocycles. The Morgan fingerprint density at radius 3 is 1.83 bits per heavy atom. The van der Waals surface area contributed by atoms with Gasteiger partial charge in [0.15, 0.2) is 0 Å². The van der Waals surface area contributed by atoms with E-state index in [1.165, 1.54) is 0 Å². The molecule has 0 fully saturated rings. The largest absolute Gasteiger partial charge is 0.385 e. The molecule has 6 heavy (non-hydrogen) atoms. The van der Waals surface area contributed by atoms with Gasteiger partial charge in [0.25, 0.3) is 0 Å². The maximum Gasteiger partial charge on any atom is 0.122 e. The Morgan fingerprint density at radius 2 is 1.83 bits per heavy atom. The SMILES string of the molecule is CC1(C)N=C1N. The molecule has 2 heteroatoms. The van der Waals surface area contributed by atoms with Crippen molar-refractivity contribution in [2.24, 2.45) is 10.7 Å². The van der Waals surface area contributed by atoms with Gasteiger partial charge < -0.3 is 5.73 Å². The van der Waals surface area contributed by atoms with Crippen LogP contribution in [0.15, 0.2) is 4.99 Å². The highest BCUT2D eigenvalue weighted by molar-refractivity contribution is 6.01. The van der Waals surface area contributed by atoms with E-state index in [9.17, 15) is 0 Å². The van der Waals surface area contributed by atoms with E-state index < -0.39 is 0 Å². The maximum atomic E-state index is 5.25. The van der Waals surface area contributed by atoms with Gasteiger partial charge in [-0.15, -0.1) is 0 Å². The number of hydrogen-bond acceptors (Lipinski definition) is 2. The Labute approximate surface area is 37.1 Å². The molecule has 1 aliphatic heterocycles. The number of amidine groups is 1. The summed E-state index contributed by atoms with van der Waals surface area (Å²) in [5, 5.41) is 0. The van der Waals surface area contributed by atoms with E-state index in [0.717, 1.165) is 5.84 Å². The van der Waals surface area contributed by atoms with Gasteiger partial charge >= 0.3 is 0 Å². The number of hydrogen-bond donors (Lipinski definition) is 1. The maximum absolute atomic E-state index is 5.25. The second-order valence-corrected chi connectivity index (χ2v) is 2.06. The van der Waals surface area contributed by atoms with E-state index in [0.29, 0.717) is 0 Å². The third kappa shape index (κ3) is 0.295. The number of nitrogens with zero attached hydrogens (tertiary/aromatic N) is 1. The van der Waals surface area contributed by atoms with Gasteiger partial charge in [0.05, 0.1) is 0 Å². The molecule has 0 spiro atoms. The van der Waals surface area contributed by atoms with Crippen LogP contribution in [0.1, 0.15) is 13.8 Å². The van der Waals surface area contributed by atoms with Crippen molar-refractivity contribution < 1.29 is 0 Å². The summed E-state index contributed by atoms with van der Waals surface area (Å²) in [6.45, 7) is 3.98. The first-order valence-corrected chi connectivity index (χ1v) is 1.99. The third-order valence-electron chi connectivity index (χ3n) is 0.977. The van der Waals surface area contributed by atoms with Crippen molar-refractivity contribution in [1.82, 2.24) is 0 Å². The van der Waals surface area contributed by atoms with Crippen molar-refractivity contribution >= 4 is 5.84 Å². The van der Waals surface area contributed by atoms with Gasteiger partial charge in [0.2, 0.25) is 0 Å². The molecule has 0 aliphatic carbocycles. The second-order valence-electron chi connectivity index (χ2n) is 2.06. The fourth-order valence-electron chi connectivity index (χ4n) is 0.273. The summed E-state index contributed by atoms with van der Waals surface area (Å²) in [6.07, 6.45) is 0. The lowest BCUT2D eigenvalue weighted by molar-refractivity contribution is 0.822. The summed E-state index contributed by atoms with van der Waals surface area (Å²) in [6, 6.07) is 0. The van der Waals surface area contributed by atoms with Gasteiger partial charge in [-0.25, -0.2) is 0 Å². The average Bonchev–Trinajstić information content (AvgIpc) is 1.73. The molecule has 1 rings (SSSR count). The molecule has 0 bridgehead atoms. The third-order valence-corrected chi connectivity index (χ3v) is 0.977. The minimum absolute atomic E-state index is 0.0278. The fourth-order valence-corrected chi connectivity index (χ4v) is 0.273. The summed E-state index contributed by atoms with van der Waals surface area (Å²) in [7, 11) is 0. The second kappa shape index (κ2) is 0.600. The van der Waals surface area contributed by atoms with Gasteiger partial charge in [-0.1, -0.05) is 0 Å². The fraction of sp³-hybridized carbons (Fsp3) is 0.750. The van der Waals surface area contributed by atoms with E-state index in [1.807, 2.05) is 13.8 Å². The van der Waals surface area contributed by atoms with Crippen molar-refractivity contribution in [2.75, 3.05) is 0 Å². The van der Waals surface area contributed by atoms with Crippen LogP contribution in [0.5, 0.6) is 0 Å². The predicted octanol–water partition coefficient (Wildman–Crippen LogP) is 0.136. The lowest BCUT2D eigenvalue weighted by Gasteiger charge is -1.89. The van der Waals surface area contributed by atoms with Crippen LogP contribution in [0.2, 0.25) is 0 Å². The van der Waals surface area contributed by atoms with Gasteiger partial charge in [0.1, 0.15) is 11.4 Å². The Morgan fingerprint density at radius 1 is 1.67 bits per heavy atom. The topological polar surface area (TPSA) is 38.4 Å². The van der Waals surface area contributed by atoms with Gasteiger partial charge in [-0.2, -0.15) is 0 Å². The molecule has 0 saturated heterocycles. The van der Waals surface area contributed by atoms with Gasteiger partial charge in [0, 0.05) is 0 Å². The quantitative estimate of drug-likeness (QED) is 0.445. The molecule has 1 heterocycles. The smallest absolute Gasteiger partial charge is 0.122 e. The van der Waals surface area contributed by atoms with Crippen molar-refractivity contribution in [3.63, 3.8) is 0 Å². The summed E-state index contributed by atoms with van der Waals surface area (Å²) in [4.78, 5) is 3.88. The molecule has 0 amide bonds. The molecular weight excluding hydrogens is 76.1 g/mol. The minimum atomic E-state index is 0.0278. The molecule has 0 unspecified atom stereocenters. The van der Waals surface area contributed by atoms with Crippen LogP contribution in [0, 0.1) is 0 Å².